The Balaban J connectivity index is 2.45. The molecular formula is C9H6BrCl2N3O3S. The van der Waals surface area contributed by atoms with Crippen LogP contribution in [0.25, 0.3) is 0 Å². The maximum Gasteiger partial charge on any atom is 0.329 e. The fourth-order valence-corrected chi connectivity index (χ4v) is 4.15. The molecule has 0 spiro atoms. The van der Waals surface area contributed by atoms with Crippen molar-refractivity contribution in [1.29, 1.82) is 0 Å². The van der Waals surface area contributed by atoms with Gasteiger partial charge in [0.15, 0.2) is 0 Å². The number of sulfonamides is 1. The minimum absolute atomic E-state index is 0.0249. The lowest BCUT2D eigenvalue weighted by Crippen LogP contribution is -2.14. The molecule has 0 aliphatic rings. The van der Waals surface area contributed by atoms with Crippen molar-refractivity contribution in [2.24, 2.45) is 0 Å². The van der Waals surface area contributed by atoms with Gasteiger partial charge in [-0.25, -0.2) is 13.1 Å². The first-order chi connectivity index (χ1) is 8.79. The monoisotopic (exact) mass is 385 g/mol. The fraction of sp³-hybridized carbons (Fsp3) is 0.111. The minimum Gasteiger partial charge on any atom is -0.408 e. The van der Waals surface area contributed by atoms with Crippen molar-refractivity contribution in [3.8, 4) is 0 Å². The van der Waals surface area contributed by atoms with Crippen molar-refractivity contribution in [1.82, 2.24) is 10.2 Å². The van der Waals surface area contributed by atoms with Crippen molar-refractivity contribution in [3.63, 3.8) is 0 Å². The Morgan fingerprint density at radius 2 is 1.84 bits per heavy atom. The zero-order valence-corrected chi connectivity index (χ0v) is 13.2. The summed E-state index contributed by atoms with van der Waals surface area (Å²) in [6.45, 7) is 1.53. The van der Waals surface area contributed by atoms with E-state index in [1.54, 1.807) is 0 Å². The van der Waals surface area contributed by atoms with Crippen LogP contribution in [0.2, 0.25) is 10.0 Å². The van der Waals surface area contributed by atoms with Crippen molar-refractivity contribution in [2.45, 2.75) is 11.8 Å². The van der Waals surface area contributed by atoms with E-state index in [0.29, 0.717) is 4.47 Å². The first-order valence-electron chi connectivity index (χ1n) is 4.77. The molecule has 10 heteroatoms. The molecule has 0 saturated heterocycles. The molecule has 0 radical (unpaired) electrons. The van der Waals surface area contributed by atoms with Gasteiger partial charge in [-0.05, 0) is 12.1 Å². The number of rotatable bonds is 3. The standard InChI is InChI=1S/C9H6BrCl2N3O3S/c1-4-13-14-9(18-4)15-19(16,17)8-6(11)2-5(10)3-7(8)12/h2-3H,1H3,(H,14,15). The minimum atomic E-state index is -4.01. The molecule has 6 nitrogen and oxygen atoms in total. The van der Waals surface area contributed by atoms with Gasteiger partial charge >= 0.3 is 6.01 Å². The van der Waals surface area contributed by atoms with Crippen LogP contribution >= 0.6 is 39.1 Å². The summed E-state index contributed by atoms with van der Waals surface area (Å²) in [5.41, 5.74) is 0. The largest absolute Gasteiger partial charge is 0.408 e. The summed E-state index contributed by atoms with van der Waals surface area (Å²) in [6, 6.07) is 2.58. The van der Waals surface area contributed by atoms with Crippen LogP contribution in [0.3, 0.4) is 0 Å². The number of halogens is 3. The van der Waals surface area contributed by atoms with Crippen LogP contribution in [-0.4, -0.2) is 18.6 Å². The van der Waals surface area contributed by atoms with Gasteiger partial charge in [0.2, 0.25) is 5.89 Å². The predicted octanol–water partition coefficient (Wildman–Crippen LogP) is 3.25. The SMILES string of the molecule is Cc1nnc(NS(=O)(=O)c2c(Cl)cc(Br)cc2Cl)o1. The zero-order chi connectivity index (χ0) is 14.2. The van der Waals surface area contributed by atoms with Crippen LogP contribution < -0.4 is 4.72 Å². The van der Waals surface area contributed by atoms with Gasteiger partial charge in [-0.15, -0.1) is 5.10 Å². The molecule has 0 fully saturated rings. The van der Waals surface area contributed by atoms with E-state index in [1.165, 1.54) is 19.1 Å². The van der Waals surface area contributed by atoms with Crippen molar-refractivity contribution in [2.75, 3.05) is 4.72 Å². The van der Waals surface area contributed by atoms with Gasteiger partial charge in [0.05, 0.1) is 10.0 Å². The summed E-state index contributed by atoms with van der Waals surface area (Å²) in [6.07, 6.45) is 0. The summed E-state index contributed by atoms with van der Waals surface area (Å²) >= 11 is 14.9. The predicted molar refractivity (Wildman–Crippen MR) is 74.0 cm³/mol. The zero-order valence-electron chi connectivity index (χ0n) is 9.32. The van der Waals surface area contributed by atoms with Gasteiger partial charge in [-0.2, -0.15) is 0 Å². The second-order valence-electron chi connectivity index (χ2n) is 3.43. The molecule has 2 rings (SSSR count). The number of benzene rings is 1. The molecule has 1 heterocycles. The lowest BCUT2D eigenvalue weighted by atomic mass is 10.4. The summed E-state index contributed by atoms with van der Waals surface area (Å²) in [7, 11) is -4.01. The number of nitrogens with one attached hydrogen (secondary N) is 1. The Kier molecular flexibility index (Phi) is 4.05. The maximum atomic E-state index is 12.1. The molecule has 0 aliphatic carbocycles. The summed E-state index contributed by atoms with van der Waals surface area (Å²) in [5, 5.41) is 6.99. The highest BCUT2D eigenvalue weighted by Crippen LogP contribution is 2.33. The Morgan fingerprint density at radius 1 is 1.26 bits per heavy atom. The number of nitrogens with zero attached hydrogens (tertiary/aromatic N) is 2. The van der Waals surface area contributed by atoms with Crippen molar-refractivity contribution < 1.29 is 12.8 Å². The van der Waals surface area contributed by atoms with E-state index in [4.69, 9.17) is 27.6 Å². The van der Waals surface area contributed by atoms with Crippen LogP contribution in [-0.2, 0) is 10.0 Å². The topological polar surface area (TPSA) is 85.1 Å². The average molecular weight is 387 g/mol. The molecule has 2 aromatic rings. The molecule has 1 N–H and O–H groups in total. The average Bonchev–Trinajstić information content (AvgIpc) is 2.60. The number of anilines is 1. The normalized spacial score (nSPS) is 11.6. The van der Waals surface area contributed by atoms with Crippen LogP contribution in [0, 0.1) is 6.92 Å². The third-order valence-electron chi connectivity index (χ3n) is 1.98. The lowest BCUT2D eigenvalue weighted by molar-refractivity contribution is 0.534. The Bertz CT molecular complexity index is 709. The number of aryl methyl sites for hydroxylation is 1. The summed E-state index contributed by atoms with van der Waals surface area (Å²) in [5.74, 6) is 0.228. The van der Waals surface area contributed by atoms with Gasteiger partial charge < -0.3 is 4.42 Å². The number of hydrogen-bond acceptors (Lipinski definition) is 5. The molecule has 0 bridgehead atoms. The smallest absolute Gasteiger partial charge is 0.329 e. The lowest BCUT2D eigenvalue weighted by Gasteiger charge is -2.08. The molecule has 0 amide bonds. The van der Waals surface area contributed by atoms with E-state index in [-0.39, 0.29) is 26.8 Å². The van der Waals surface area contributed by atoms with Gasteiger partial charge in [-0.3, -0.25) is 0 Å². The third kappa shape index (κ3) is 3.19. The van der Waals surface area contributed by atoms with Gasteiger partial charge in [0.25, 0.3) is 10.0 Å². The van der Waals surface area contributed by atoms with Gasteiger partial charge in [-0.1, -0.05) is 44.2 Å². The molecule has 1 aromatic heterocycles. The molecule has 0 unspecified atom stereocenters. The molecule has 0 aliphatic heterocycles. The highest BCUT2D eigenvalue weighted by Gasteiger charge is 2.24. The van der Waals surface area contributed by atoms with E-state index in [1.807, 2.05) is 0 Å². The highest BCUT2D eigenvalue weighted by molar-refractivity contribution is 9.10. The second kappa shape index (κ2) is 5.28. The van der Waals surface area contributed by atoms with E-state index < -0.39 is 10.0 Å². The van der Waals surface area contributed by atoms with Crippen LogP contribution in [0.1, 0.15) is 5.89 Å². The van der Waals surface area contributed by atoms with E-state index in [2.05, 4.69) is 30.8 Å². The first kappa shape index (κ1) is 14.6. The molecule has 0 atom stereocenters. The van der Waals surface area contributed by atoms with Crippen molar-refractivity contribution >= 4 is 55.2 Å². The first-order valence-corrected chi connectivity index (χ1v) is 7.80. The van der Waals surface area contributed by atoms with E-state index in [0.717, 1.165) is 0 Å². The molecule has 19 heavy (non-hydrogen) atoms. The second-order valence-corrected chi connectivity index (χ2v) is 6.78. The summed E-state index contributed by atoms with van der Waals surface area (Å²) < 4.78 is 31.9. The van der Waals surface area contributed by atoms with Crippen LogP contribution in [0.15, 0.2) is 25.9 Å². The Labute approximate surface area is 127 Å². The van der Waals surface area contributed by atoms with E-state index in [9.17, 15) is 8.42 Å². The molecule has 1 aromatic carbocycles. The molecular weight excluding hydrogens is 381 g/mol. The summed E-state index contributed by atoms with van der Waals surface area (Å²) in [4.78, 5) is -0.255. The maximum absolute atomic E-state index is 12.1. The molecule has 102 valence electrons. The Hall–Kier alpha value is -0.830. The van der Waals surface area contributed by atoms with Gasteiger partial charge in [0, 0.05) is 11.4 Å². The third-order valence-corrected chi connectivity index (χ3v) is 4.68. The highest BCUT2D eigenvalue weighted by atomic mass is 79.9. The van der Waals surface area contributed by atoms with Crippen LogP contribution in [0.4, 0.5) is 6.01 Å². The number of aromatic nitrogens is 2. The van der Waals surface area contributed by atoms with Gasteiger partial charge in [0.1, 0.15) is 4.90 Å². The quantitative estimate of drug-likeness (QED) is 0.874. The molecule has 0 saturated carbocycles. The Morgan fingerprint density at radius 3 is 2.32 bits per heavy atom. The van der Waals surface area contributed by atoms with E-state index >= 15 is 0 Å². The fourth-order valence-electron chi connectivity index (χ4n) is 1.29. The van der Waals surface area contributed by atoms with Crippen molar-refractivity contribution in [3.05, 3.63) is 32.5 Å². The number of hydrogen-bond donors (Lipinski definition) is 1. The van der Waals surface area contributed by atoms with Crippen LogP contribution in [0.5, 0.6) is 0 Å².